The summed E-state index contributed by atoms with van der Waals surface area (Å²) >= 11 is 0. The van der Waals surface area contributed by atoms with Gasteiger partial charge in [0.05, 0.1) is 28.0 Å². The molecule has 0 amide bonds. The summed E-state index contributed by atoms with van der Waals surface area (Å²) in [6.45, 7) is 0. The van der Waals surface area contributed by atoms with Crippen LogP contribution in [0.5, 0.6) is 0 Å². The Bertz CT molecular complexity index is 778. The Hall–Kier alpha value is -2.39. The molecule has 2 rings (SSSR count). The van der Waals surface area contributed by atoms with Crippen LogP contribution in [0.4, 0.5) is 10.1 Å². The summed E-state index contributed by atoms with van der Waals surface area (Å²) in [5, 5.41) is 8.68. The first-order chi connectivity index (χ1) is 9.42. The molecule has 0 unspecified atom stereocenters. The van der Waals surface area contributed by atoms with E-state index >= 15 is 0 Å². The minimum atomic E-state index is -3.73. The van der Waals surface area contributed by atoms with E-state index in [4.69, 9.17) is 11.0 Å². The molecule has 0 radical (unpaired) electrons. The van der Waals surface area contributed by atoms with Crippen LogP contribution in [0.25, 0.3) is 0 Å². The van der Waals surface area contributed by atoms with Crippen molar-refractivity contribution in [1.29, 1.82) is 5.26 Å². The maximum absolute atomic E-state index is 13.2. The van der Waals surface area contributed by atoms with Crippen LogP contribution < -0.4 is 5.73 Å². The van der Waals surface area contributed by atoms with Gasteiger partial charge in [0.15, 0.2) is 9.84 Å². The molecule has 0 aromatic heterocycles. The fraction of sp³-hybridized carbons (Fsp3) is 0.0714. The molecule has 20 heavy (non-hydrogen) atoms. The molecule has 0 saturated heterocycles. The minimum Gasteiger partial charge on any atom is -0.398 e. The van der Waals surface area contributed by atoms with E-state index in [0.717, 1.165) is 12.1 Å². The van der Waals surface area contributed by atoms with Crippen molar-refractivity contribution in [2.45, 2.75) is 10.6 Å². The Morgan fingerprint density at radius 1 is 1.15 bits per heavy atom. The lowest BCUT2D eigenvalue weighted by molar-refractivity contribution is 0.590. The Balaban J connectivity index is 2.35. The topological polar surface area (TPSA) is 84.0 Å². The molecule has 0 atom stereocenters. The van der Waals surface area contributed by atoms with Crippen molar-refractivity contribution in [3.05, 3.63) is 59.4 Å². The SMILES string of the molecule is N#Cc1ccc(CS(=O)(=O)c2cc(F)ccc2N)cc1. The fourth-order valence-electron chi connectivity index (χ4n) is 1.75. The van der Waals surface area contributed by atoms with Crippen LogP contribution in [-0.2, 0) is 15.6 Å². The summed E-state index contributed by atoms with van der Waals surface area (Å²) in [5.41, 5.74) is 6.55. The Labute approximate surface area is 116 Å². The van der Waals surface area contributed by atoms with E-state index in [1.165, 1.54) is 18.2 Å². The second kappa shape index (κ2) is 5.31. The highest BCUT2D eigenvalue weighted by atomic mass is 32.2. The number of hydrogen-bond acceptors (Lipinski definition) is 4. The van der Waals surface area contributed by atoms with Gasteiger partial charge in [0.25, 0.3) is 0 Å². The molecular weight excluding hydrogens is 279 g/mol. The third-order valence-corrected chi connectivity index (χ3v) is 4.49. The summed E-state index contributed by atoms with van der Waals surface area (Å²) in [6, 6.07) is 11.3. The third-order valence-electron chi connectivity index (χ3n) is 2.75. The second-order valence-corrected chi connectivity index (χ2v) is 6.21. The molecule has 102 valence electrons. The smallest absolute Gasteiger partial charge is 0.184 e. The van der Waals surface area contributed by atoms with Gasteiger partial charge in [0.1, 0.15) is 5.82 Å². The second-order valence-electron chi connectivity index (χ2n) is 4.25. The molecule has 4 nitrogen and oxygen atoms in total. The third kappa shape index (κ3) is 2.95. The monoisotopic (exact) mass is 290 g/mol. The van der Waals surface area contributed by atoms with Crippen molar-refractivity contribution in [2.75, 3.05) is 5.73 Å². The van der Waals surface area contributed by atoms with Gasteiger partial charge in [-0.2, -0.15) is 5.26 Å². The number of nitrogen functional groups attached to an aromatic ring is 1. The molecule has 2 aromatic carbocycles. The van der Waals surface area contributed by atoms with E-state index in [1.807, 2.05) is 6.07 Å². The maximum Gasteiger partial charge on any atom is 0.184 e. The van der Waals surface area contributed by atoms with Crippen molar-refractivity contribution in [3.63, 3.8) is 0 Å². The molecule has 0 saturated carbocycles. The number of rotatable bonds is 3. The summed E-state index contributed by atoms with van der Waals surface area (Å²) in [4.78, 5) is -0.221. The molecule has 0 bridgehead atoms. The number of nitrogens with two attached hydrogens (primary N) is 1. The number of anilines is 1. The van der Waals surface area contributed by atoms with Gasteiger partial charge in [-0.1, -0.05) is 12.1 Å². The van der Waals surface area contributed by atoms with Crippen LogP contribution in [0.3, 0.4) is 0 Å². The number of nitrogens with zero attached hydrogens (tertiary/aromatic N) is 1. The highest BCUT2D eigenvalue weighted by Crippen LogP contribution is 2.23. The van der Waals surface area contributed by atoms with Crippen molar-refractivity contribution in [1.82, 2.24) is 0 Å². The Morgan fingerprint density at radius 3 is 2.40 bits per heavy atom. The quantitative estimate of drug-likeness (QED) is 0.879. The molecule has 0 fully saturated rings. The van der Waals surface area contributed by atoms with E-state index in [1.54, 1.807) is 12.1 Å². The summed E-state index contributed by atoms with van der Waals surface area (Å²) in [7, 11) is -3.73. The van der Waals surface area contributed by atoms with E-state index in [2.05, 4.69) is 0 Å². The molecule has 6 heteroatoms. The predicted molar refractivity (Wildman–Crippen MR) is 72.9 cm³/mol. The number of sulfone groups is 1. The van der Waals surface area contributed by atoms with Crippen molar-refractivity contribution in [3.8, 4) is 6.07 Å². The molecule has 0 aliphatic carbocycles. The van der Waals surface area contributed by atoms with Crippen molar-refractivity contribution < 1.29 is 12.8 Å². The first-order valence-corrected chi connectivity index (χ1v) is 7.34. The normalized spacial score (nSPS) is 11.0. The van der Waals surface area contributed by atoms with Gasteiger partial charge in [-0.05, 0) is 35.9 Å². The first-order valence-electron chi connectivity index (χ1n) is 5.69. The van der Waals surface area contributed by atoms with Crippen LogP contribution >= 0.6 is 0 Å². The number of nitriles is 1. The Morgan fingerprint density at radius 2 is 1.80 bits per heavy atom. The van der Waals surface area contributed by atoms with Crippen molar-refractivity contribution in [2.24, 2.45) is 0 Å². The number of hydrogen-bond donors (Lipinski definition) is 1. The molecule has 2 N–H and O–H groups in total. The van der Waals surface area contributed by atoms with Crippen LogP contribution in [0, 0.1) is 17.1 Å². The number of benzene rings is 2. The highest BCUT2D eigenvalue weighted by Gasteiger charge is 2.19. The van der Waals surface area contributed by atoms with Crippen LogP contribution in [0.15, 0.2) is 47.4 Å². The van der Waals surface area contributed by atoms with Crippen LogP contribution in [0.2, 0.25) is 0 Å². The lowest BCUT2D eigenvalue weighted by atomic mass is 10.2. The molecule has 0 heterocycles. The van der Waals surface area contributed by atoms with E-state index in [-0.39, 0.29) is 16.3 Å². The van der Waals surface area contributed by atoms with Gasteiger partial charge in [0.2, 0.25) is 0 Å². The van der Waals surface area contributed by atoms with Gasteiger partial charge < -0.3 is 5.73 Å². The largest absolute Gasteiger partial charge is 0.398 e. The molecule has 0 spiro atoms. The average molecular weight is 290 g/mol. The lowest BCUT2D eigenvalue weighted by Crippen LogP contribution is -2.08. The van der Waals surface area contributed by atoms with Crippen molar-refractivity contribution >= 4 is 15.5 Å². The lowest BCUT2D eigenvalue weighted by Gasteiger charge is -2.08. The molecule has 2 aromatic rings. The van der Waals surface area contributed by atoms with Crippen LogP contribution in [0.1, 0.15) is 11.1 Å². The van der Waals surface area contributed by atoms with Gasteiger partial charge in [-0.25, -0.2) is 12.8 Å². The zero-order chi connectivity index (χ0) is 14.8. The summed E-state index contributed by atoms with van der Waals surface area (Å²) in [5.74, 6) is -0.954. The average Bonchev–Trinajstić information content (AvgIpc) is 2.42. The summed E-state index contributed by atoms with van der Waals surface area (Å²) in [6.07, 6.45) is 0. The zero-order valence-electron chi connectivity index (χ0n) is 10.4. The van der Waals surface area contributed by atoms with E-state index in [0.29, 0.717) is 11.1 Å². The minimum absolute atomic E-state index is 0.0139. The standard InChI is InChI=1S/C14H11FN2O2S/c15-12-5-6-13(17)14(7-12)20(18,19)9-11-3-1-10(8-16)2-4-11/h1-7H,9,17H2. The first kappa shape index (κ1) is 14.0. The zero-order valence-corrected chi connectivity index (χ0v) is 11.2. The van der Waals surface area contributed by atoms with E-state index < -0.39 is 15.7 Å². The highest BCUT2D eigenvalue weighted by molar-refractivity contribution is 7.90. The molecule has 0 aliphatic heterocycles. The predicted octanol–water partition coefficient (Wildman–Crippen LogP) is 2.25. The maximum atomic E-state index is 13.2. The van der Waals surface area contributed by atoms with Gasteiger partial charge in [-0.15, -0.1) is 0 Å². The van der Waals surface area contributed by atoms with Gasteiger partial charge >= 0.3 is 0 Å². The molecule has 0 aliphatic rings. The van der Waals surface area contributed by atoms with E-state index in [9.17, 15) is 12.8 Å². The Kier molecular flexibility index (Phi) is 3.72. The number of halogens is 1. The molecular formula is C14H11FN2O2S. The van der Waals surface area contributed by atoms with Gasteiger partial charge in [-0.3, -0.25) is 0 Å². The summed E-state index contributed by atoms with van der Waals surface area (Å²) < 4.78 is 37.6. The van der Waals surface area contributed by atoms with Crippen LogP contribution in [-0.4, -0.2) is 8.42 Å². The fourth-order valence-corrected chi connectivity index (χ4v) is 3.26. The van der Waals surface area contributed by atoms with Gasteiger partial charge in [0, 0.05) is 0 Å².